The molecule has 1 saturated carbocycles. The van der Waals surface area contributed by atoms with Crippen LogP contribution in [0.25, 0.3) is 11.1 Å². The lowest BCUT2D eigenvalue weighted by molar-refractivity contribution is -0.156. The van der Waals surface area contributed by atoms with Gasteiger partial charge in [0.25, 0.3) is 0 Å². The molecule has 2 fully saturated rings. The molecule has 1 aliphatic carbocycles. The predicted octanol–water partition coefficient (Wildman–Crippen LogP) is 6.79. The second-order valence-corrected chi connectivity index (χ2v) is 10.5. The number of rotatable bonds is 6. The van der Waals surface area contributed by atoms with Crippen LogP contribution < -0.4 is 9.66 Å². The average Bonchev–Trinajstić information content (AvgIpc) is 3.33. The summed E-state index contributed by atoms with van der Waals surface area (Å²) in [6.45, 7) is 7.31. The lowest BCUT2D eigenvalue weighted by Gasteiger charge is -2.42. The molecule has 1 unspecified atom stereocenters. The number of nitrogens with zero attached hydrogens (tertiary/aromatic N) is 5. The third-order valence-electron chi connectivity index (χ3n) is 8.28. The summed E-state index contributed by atoms with van der Waals surface area (Å²) in [5.74, 6) is 0.905. The zero-order chi connectivity index (χ0) is 25.2. The first-order valence-electron chi connectivity index (χ1n) is 13.4. The summed E-state index contributed by atoms with van der Waals surface area (Å²) >= 11 is 0. The molecule has 1 saturated heterocycles. The summed E-state index contributed by atoms with van der Waals surface area (Å²) in [6, 6.07) is 25.1. The van der Waals surface area contributed by atoms with Crippen LogP contribution in [0.1, 0.15) is 32.6 Å². The number of carbonyl (C=O) groups excluding carboxylic acids is 1. The monoisotopic (exact) mass is 496 g/mol. The maximum absolute atomic E-state index is 11.4. The normalized spacial score (nSPS) is 25.6. The van der Waals surface area contributed by atoms with Gasteiger partial charge < -0.3 is 4.90 Å². The second kappa shape index (κ2) is 10.1. The summed E-state index contributed by atoms with van der Waals surface area (Å²) in [5.41, 5.74) is 5.65. The van der Waals surface area contributed by atoms with Gasteiger partial charge in [-0.15, -0.1) is 0 Å². The molecule has 3 aromatic carbocycles. The zero-order valence-corrected chi connectivity index (χ0v) is 21.4. The minimum absolute atomic E-state index is 0.412. The zero-order valence-electron chi connectivity index (χ0n) is 21.4. The molecule has 1 atom stereocenters. The van der Waals surface area contributed by atoms with E-state index in [0.29, 0.717) is 23.5 Å². The van der Waals surface area contributed by atoms with Crippen LogP contribution >= 0.6 is 0 Å². The van der Waals surface area contributed by atoms with Gasteiger partial charge >= 0.3 is 6.47 Å². The maximum atomic E-state index is 11.4. The van der Waals surface area contributed by atoms with Gasteiger partial charge in [0.15, 0.2) is 5.69 Å². The lowest BCUT2D eigenvalue weighted by atomic mass is 9.86. The van der Waals surface area contributed by atoms with Crippen LogP contribution in [0, 0.1) is 5.92 Å². The van der Waals surface area contributed by atoms with Crippen molar-refractivity contribution in [3.8, 4) is 11.1 Å². The van der Waals surface area contributed by atoms with Crippen molar-refractivity contribution in [1.82, 2.24) is 9.66 Å². The summed E-state index contributed by atoms with van der Waals surface area (Å²) < 4.78 is -0.412. The fraction of sp³-hybridized carbons (Fsp3) is 0.367. The third kappa shape index (κ3) is 4.54. The van der Waals surface area contributed by atoms with Crippen molar-refractivity contribution < 1.29 is 9.63 Å². The fourth-order valence-electron chi connectivity index (χ4n) is 6.03. The van der Waals surface area contributed by atoms with Crippen LogP contribution in [-0.4, -0.2) is 43.6 Å². The topological polar surface area (TPSA) is 57.5 Å². The molecular weight excluding hydrogens is 462 g/mol. The maximum Gasteiger partial charge on any atom is 0.360 e. The smallest absolute Gasteiger partial charge is 0.360 e. The van der Waals surface area contributed by atoms with Gasteiger partial charge in [-0.25, -0.2) is 9.63 Å². The van der Waals surface area contributed by atoms with E-state index >= 15 is 0 Å². The van der Waals surface area contributed by atoms with Gasteiger partial charge in [-0.2, -0.15) is 0 Å². The Balaban J connectivity index is 1.13. The molecule has 7 heteroatoms. The summed E-state index contributed by atoms with van der Waals surface area (Å²) in [6.07, 6.45) is 5.50. The molecular formula is C30H34N5O2+. The molecule has 3 aromatic rings. The number of hydrogen-bond acceptors (Lipinski definition) is 6. The molecule has 2 aliphatic heterocycles. The number of anilines is 1. The fourth-order valence-corrected chi connectivity index (χ4v) is 6.03. The Morgan fingerprint density at radius 2 is 1.49 bits per heavy atom. The quantitative estimate of drug-likeness (QED) is 0.278. The first-order chi connectivity index (χ1) is 18.2. The van der Waals surface area contributed by atoms with Crippen molar-refractivity contribution in [2.45, 2.75) is 38.6 Å². The van der Waals surface area contributed by atoms with Crippen LogP contribution in [0.5, 0.6) is 0 Å². The summed E-state index contributed by atoms with van der Waals surface area (Å²) in [4.78, 5) is 22.1. The number of hydrogen-bond donors (Lipinski definition) is 0. The molecule has 0 aromatic heterocycles. The molecule has 7 nitrogen and oxygen atoms in total. The van der Waals surface area contributed by atoms with E-state index in [9.17, 15) is 4.79 Å². The molecule has 3 aliphatic rings. The van der Waals surface area contributed by atoms with Gasteiger partial charge in [-0.1, -0.05) is 36.3 Å². The van der Waals surface area contributed by atoms with E-state index in [2.05, 4.69) is 51.3 Å². The van der Waals surface area contributed by atoms with Crippen molar-refractivity contribution in [2.24, 2.45) is 16.3 Å². The Labute approximate surface area is 218 Å². The van der Waals surface area contributed by atoms with Crippen molar-refractivity contribution in [3.63, 3.8) is 0 Å². The molecule has 190 valence electrons. The molecule has 0 N–H and O–H groups in total. The summed E-state index contributed by atoms with van der Waals surface area (Å²) in [7, 11) is 0. The number of piperazine rings is 1. The largest absolute Gasteiger partial charge is 0.369 e. The second-order valence-electron chi connectivity index (χ2n) is 10.5. The van der Waals surface area contributed by atoms with Gasteiger partial charge in [0.05, 0.1) is 9.98 Å². The van der Waals surface area contributed by atoms with Gasteiger partial charge in [0.1, 0.15) is 0 Å². The minimum Gasteiger partial charge on any atom is -0.369 e. The van der Waals surface area contributed by atoms with Crippen LogP contribution in [0.15, 0.2) is 83.1 Å². The van der Waals surface area contributed by atoms with E-state index in [1.54, 1.807) is 0 Å². The highest BCUT2D eigenvalue weighted by atomic mass is 16.8. The Hall–Kier alpha value is -3.55. The first-order valence-corrected chi connectivity index (χ1v) is 13.4. The highest BCUT2D eigenvalue weighted by Gasteiger charge is 2.45. The Morgan fingerprint density at radius 3 is 2.16 bits per heavy atom. The van der Waals surface area contributed by atoms with E-state index in [0.717, 1.165) is 49.3 Å². The van der Waals surface area contributed by atoms with E-state index in [1.807, 2.05) is 48.5 Å². The van der Waals surface area contributed by atoms with Crippen molar-refractivity contribution in [3.05, 3.63) is 72.8 Å². The van der Waals surface area contributed by atoms with E-state index in [1.165, 1.54) is 31.4 Å². The number of benzene rings is 3. The first kappa shape index (κ1) is 23.8. The van der Waals surface area contributed by atoms with E-state index < -0.39 is 4.76 Å². The molecule has 0 radical (unpaired) electrons. The van der Waals surface area contributed by atoms with Gasteiger partial charge in [0.2, 0.25) is 11.4 Å². The molecule has 0 amide bonds. The SMILES string of the molecule is C[C@H]1CC[C@@H](N2CCN(c3ccc(-c4ccc([N+]5(OC=O)N=Nc6ccccc65)cc4)cc3)CC2)CC1. The van der Waals surface area contributed by atoms with Gasteiger partial charge in [-0.3, -0.25) is 4.90 Å². The van der Waals surface area contributed by atoms with Crippen LogP contribution in [-0.2, 0) is 9.63 Å². The minimum atomic E-state index is -0.412. The highest BCUT2D eigenvalue weighted by molar-refractivity contribution is 5.74. The Kier molecular flexibility index (Phi) is 6.49. The predicted molar refractivity (Wildman–Crippen MR) is 147 cm³/mol. The molecule has 0 spiro atoms. The third-order valence-corrected chi connectivity index (χ3v) is 8.28. The van der Waals surface area contributed by atoms with Gasteiger partial charge in [0, 0.05) is 56.1 Å². The average molecular weight is 497 g/mol. The molecule has 0 bridgehead atoms. The van der Waals surface area contributed by atoms with E-state index in [4.69, 9.17) is 4.84 Å². The van der Waals surface area contributed by atoms with E-state index in [-0.39, 0.29) is 0 Å². The standard InChI is InChI=1S/C30H34N5O2/c1-23-6-12-26(13-7-23)33-18-20-34(21-19-33)27-14-8-24(9-15-27)25-10-16-28(17-11-25)35(37-22-36)30-5-3-2-4-29(30)31-32-35/h2-5,8-11,14-17,22-23,26H,6-7,12-13,18-21H2,1H3/q+1/t23-,26+,35?. The highest BCUT2D eigenvalue weighted by Crippen LogP contribution is 2.47. The number of carbonyl (C=O) groups is 1. The summed E-state index contributed by atoms with van der Waals surface area (Å²) in [5, 5.41) is 8.52. The van der Waals surface area contributed by atoms with Gasteiger partial charge in [-0.05, 0) is 73.1 Å². The molecule has 6 rings (SSSR count). The number of quaternary nitrogens is 1. The molecule has 2 heterocycles. The van der Waals surface area contributed by atoms with Crippen LogP contribution in [0.3, 0.4) is 0 Å². The Morgan fingerprint density at radius 1 is 0.838 bits per heavy atom. The van der Waals surface area contributed by atoms with Crippen LogP contribution in [0.4, 0.5) is 22.7 Å². The number of para-hydroxylation sites is 1. The van der Waals surface area contributed by atoms with Crippen LogP contribution in [0.2, 0.25) is 0 Å². The van der Waals surface area contributed by atoms with Crippen molar-refractivity contribution >= 4 is 29.2 Å². The Bertz CT molecular complexity index is 1260. The lowest BCUT2D eigenvalue weighted by Crippen LogP contribution is -2.51. The molecule has 37 heavy (non-hydrogen) atoms. The van der Waals surface area contributed by atoms with Crippen molar-refractivity contribution in [2.75, 3.05) is 31.1 Å². The van der Waals surface area contributed by atoms with Crippen molar-refractivity contribution in [1.29, 1.82) is 0 Å². The number of fused-ring (bicyclic) bond motifs is 1.